The summed E-state index contributed by atoms with van der Waals surface area (Å²) in [5.41, 5.74) is 2.16. The predicted molar refractivity (Wildman–Crippen MR) is 102 cm³/mol. The minimum Gasteiger partial charge on any atom is -0.457 e. The van der Waals surface area contributed by atoms with Gasteiger partial charge in [-0.05, 0) is 42.5 Å². The molecule has 3 rings (SSSR count). The quantitative estimate of drug-likeness (QED) is 0.565. The fourth-order valence-electron chi connectivity index (χ4n) is 2.29. The Morgan fingerprint density at radius 1 is 0.840 bits per heavy atom. The standard InChI is InChI=1S/C20H17ClN2O2/c21-14-15-13-17(23-20(24)22-16-7-3-1-4-8-16)11-12-19(15)25-18-9-5-2-6-10-18/h1-13H,14H2,(H2,22,23,24). The monoisotopic (exact) mass is 352 g/mol. The molecule has 0 unspecified atom stereocenters. The van der Waals surface area contributed by atoms with Crippen molar-refractivity contribution in [3.63, 3.8) is 0 Å². The highest BCUT2D eigenvalue weighted by Crippen LogP contribution is 2.29. The molecule has 0 aliphatic rings. The van der Waals surface area contributed by atoms with Gasteiger partial charge in [0, 0.05) is 16.9 Å². The number of alkyl halides is 1. The van der Waals surface area contributed by atoms with E-state index in [2.05, 4.69) is 10.6 Å². The number of hydrogen-bond acceptors (Lipinski definition) is 2. The summed E-state index contributed by atoms with van der Waals surface area (Å²) in [6, 6.07) is 23.8. The third-order valence-corrected chi connectivity index (χ3v) is 3.75. The van der Waals surface area contributed by atoms with Crippen molar-refractivity contribution in [2.75, 3.05) is 10.6 Å². The second-order valence-corrected chi connectivity index (χ2v) is 5.58. The van der Waals surface area contributed by atoms with Crippen molar-refractivity contribution in [3.8, 4) is 11.5 Å². The number of anilines is 2. The molecule has 4 nitrogen and oxygen atoms in total. The lowest BCUT2D eigenvalue weighted by molar-refractivity contribution is 0.262. The SMILES string of the molecule is O=C(Nc1ccccc1)Nc1ccc(Oc2ccccc2)c(CCl)c1. The third-order valence-electron chi connectivity index (χ3n) is 3.46. The summed E-state index contributed by atoms with van der Waals surface area (Å²) in [4.78, 5) is 12.1. The number of carbonyl (C=O) groups is 1. The van der Waals surface area contributed by atoms with E-state index in [0.29, 0.717) is 11.4 Å². The van der Waals surface area contributed by atoms with Crippen LogP contribution in [0, 0.1) is 0 Å². The maximum atomic E-state index is 12.1. The molecule has 0 saturated carbocycles. The van der Waals surface area contributed by atoms with Crippen molar-refractivity contribution in [2.24, 2.45) is 0 Å². The second kappa shape index (κ2) is 8.22. The Hall–Kier alpha value is -2.98. The van der Waals surface area contributed by atoms with E-state index in [1.54, 1.807) is 18.2 Å². The van der Waals surface area contributed by atoms with Crippen molar-refractivity contribution >= 4 is 29.0 Å². The number of ether oxygens (including phenoxy) is 1. The molecule has 2 amide bonds. The van der Waals surface area contributed by atoms with Crippen LogP contribution in [0.25, 0.3) is 0 Å². The second-order valence-electron chi connectivity index (χ2n) is 5.32. The fourth-order valence-corrected chi connectivity index (χ4v) is 2.50. The zero-order valence-corrected chi connectivity index (χ0v) is 14.2. The largest absolute Gasteiger partial charge is 0.457 e. The molecular formula is C20H17ClN2O2. The molecule has 0 aromatic heterocycles. The highest BCUT2D eigenvalue weighted by Gasteiger charge is 2.08. The van der Waals surface area contributed by atoms with E-state index in [1.807, 2.05) is 60.7 Å². The molecule has 3 aromatic carbocycles. The topological polar surface area (TPSA) is 50.4 Å². The highest BCUT2D eigenvalue weighted by molar-refractivity contribution is 6.17. The van der Waals surface area contributed by atoms with Gasteiger partial charge in [0.1, 0.15) is 11.5 Å². The van der Waals surface area contributed by atoms with E-state index in [9.17, 15) is 4.79 Å². The van der Waals surface area contributed by atoms with Crippen LogP contribution in [-0.4, -0.2) is 6.03 Å². The molecule has 0 atom stereocenters. The summed E-state index contributed by atoms with van der Waals surface area (Å²) >= 11 is 6.03. The highest BCUT2D eigenvalue weighted by atomic mass is 35.5. The van der Waals surface area contributed by atoms with E-state index >= 15 is 0 Å². The molecule has 0 spiro atoms. The molecule has 3 aromatic rings. The molecule has 0 fully saturated rings. The smallest absolute Gasteiger partial charge is 0.323 e. The molecule has 0 aliphatic carbocycles. The number of hydrogen-bond donors (Lipinski definition) is 2. The number of nitrogens with one attached hydrogen (secondary N) is 2. The zero-order valence-electron chi connectivity index (χ0n) is 13.4. The maximum Gasteiger partial charge on any atom is 0.323 e. The number of amides is 2. The summed E-state index contributed by atoms with van der Waals surface area (Å²) in [7, 11) is 0. The molecule has 0 saturated heterocycles. The summed E-state index contributed by atoms with van der Waals surface area (Å²) in [6.07, 6.45) is 0. The molecule has 5 heteroatoms. The average molecular weight is 353 g/mol. The number of rotatable bonds is 5. The number of halogens is 1. The molecule has 0 bridgehead atoms. The van der Waals surface area contributed by atoms with Gasteiger partial charge in [0.2, 0.25) is 0 Å². The first kappa shape index (κ1) is 16.9. The predicted octanol–water partition coefficient (Wildman–Crippen LogP) is 5.86. The van der Waals surface area contributed by atoms with Crippen LogP contribution in [0.15, 0.2) is 78.9 Å². The summed E-state index contributed by atoms with van der Waals surface area (Å²) in [5, 5.41) is 5.56. The van der Waals surface area contributed by atoms with Crippen LogP contribution in [-0.2, 0) is 5.88 Å². The Bertz CT molecular complexity index is 839. The van der Waals surface area contributed by atoms with Gasteiger partial charge in [-0.15, -0.1) is 11.6 Å². The average Bonchev–Trinajstić information content (AvgIpc) is 2.64. The maximum absolute atomic E-state index is 12.1. The Balaban J connectivity index is 1.69. The zero-order chi connectivity index (χ0) is 17.5. The Kier molecular flexibility index (Phi) is 5.54. The molecule has 126 valence electrons. The lowest BCUT2D eigenvalue weighted by atomic mass is 10.2. The molecule has 0 radical (unpaired) electrons. The normalized spacial score (nSPS) is 10.1. The summed E-state index contributed by atoms with van der Waals surface area (Å²) < 4.78 is 5.84. The summed E-state index contributed by atoms with van der Waals surface area (Å²) in [6.45, 7) is 0. The number of carbonyl (C=O) groups excluding carboxylic acids is 1. The van der Waals surface area contributed by atoms with Crippen LogP contribution in [0.5, 0.6) is 11.5 Å². The molecular weight excluding hydrogens is 336 g/mol. The van der Waals surface area contributed by atoms with Gasteiger partial charge in [-0.25, -0.2) is 4.79 Å². The molecule has 0 heterocycles. The van der Waals surface area contributed by atoms with E-state index in [1.165, 1.54) is 0 Å². The Labute approximate surface area is 151 Å². The minimum absolute atomic E-state index is 0.276. The first-order chi connectivity index (χ1) is 12.2. The molecule has 25 heavy (non-hydrogen) atoms. The third kappa shape index (κ3) is 4.75. The first-order valence-corrected chi connectivity index (χ1v) is 8.33. The lowest BCUT2D eigenvalue weighted by Crippen LogP contribution is -2.19. The van der Waals surface area contributed by atoms with Crippen LogP contribution in [0.2, 0.25) is 0 Å². The molecule has 0 aliphatic heterocycles. The van der Waals surface area contributed by atoms with Crippen LogP contribution in [0.4, 0.5) is 16.2 Å². The first-order valence-electron chi connectivity index (χ1n) is 7.79. The van der Waals surface area contributed by atoms with E-state index in [0.717, 1.165) is 17.0 Å². The van der Waals surface area contributed by atoms with Gasteiger partial charge in [-0.2, -0.15) is 0 Å². The minimum atomic E-state index is -0.316. The van der Waals surface area contributed by atoms with Crippen molar-refractivity contribution in [3.05, 3.63) is 84.4 Å². The van der Waals surface area contributed by atoms with Crippen molar-refractivity contribution in [1.82, 2.24) is 0 Å². The van der Waals surface area contributed by atoms with E-state index in [4.69, 9.17) is 16.3 Å². The van der Waals surface area contributed by atoms with Gasteiger partial charge in [-0.1, -0.05) is 36.4 Å². The van der Waals surface area contributed by atoms with Crippen LogP contribution in [0.1, 0.15) is 5.56 Å². The van der Waals surface area contributed by atoms with Crippen LogP contribution < -0.4 is 15.4 Å². The van der Waals surface area contributed by atoms with Gasteiger partial charge < -0.3 is 15.4 Å². The number of urea groups is 1. The van der Waals surface area contributed by atoms with Gasteiger partial charge in [0.25, 0.3) is 0 Å². The van der Waals surface area contributed by atoms with Crippen molar-refractivity contribution < 1.29 is 9.53 Å². The fraction of sp³-hybridized carbons (Fsp3) is 0.0500. The van der Waals surface area contributed by atoms with Crippen molar-refractivity contribution in [2.45, 2.75) is 5.88 Å². The van der Waals surface area contributed by atoms with Crippen molar-refractivity contribution in [1.29, 1.82) is 0 Å². The Morgan fingerprint density at radius 2 is 1.48 bits per heavy atom. The number of benzene rings is 3. The van der Waals surface area contributed by atoms with Gasteiger partial charge >= 0.3 is 6.03 Å². The Morgan fingerprint density at radius 3 is 2.16 bits per heavy atom. The van der Waals surface area contributed by atoms with Gasteiger partial charge in [0.15, 0.2) is 0 Å². The lowest BCUT2D eigenvalue weighted by Gasteiger charge is -2.12. The molecule has 2 N–H and O–H groups in total. The van der Waals surface area contributed by atoms with Crippen LogP contribution in [0.3, 0.4) is 0 Å². The number of para-hydroxylation sites is 2. The summed E-state index contributed by atoms with van der Waals surface area (Å²) in [5.74, 6) is 1.67. The van der Waals surface area contributed by atoms with Crippen LogP contribution >= 0.6 is 11.6 Å². The van der Waals surface area contributed by atoms with E-state index < -0.39 is 0 Å². The van der Waals surface area contributed by atoms with Gasteiger partial charge in [0.05, 0.1) is 5.88 Å². The van der Waals surface area contributed by atoms with E-state index in [-0.39, 0.29) is 11.9 Å². The van der Waals surface area contributed by atoms with Gasteiger partial charge in [-0.3, -0.25) is 0 Å².